The molecule has 5 nitrogen and oxygen atoms in total. The van der Waals surface area contributed by atoms with Crippen LogP contribution in [-0.4, -0.2) is 31.8 Å². The second-order valence-corrected chi connectivity index (χ2v) is 7.86. The van der Waals surface area contributed by atoms with Gasteiger partial charge < -0.3 is 20.5 Å². The number of aliphatic imine (C=N–C) groups is 1. The minimum absolute atomic E-state index is 0. The van der Waals surface area contributed by atoms with Gasteiger partial charge in [-0.15, -0.1) is 24.0 Å². The van der Waals surface area contributed by atoms with E-state index in [2.05, 4.69) is 16.4 Å². The van der Waals surface area contributed by atoms with Crippen LogP contribution in [0.25, 0.3) is 0 Å². The van der Waals surface area contributed by atoms with Crippen LogP contribution in [0.4, 0.5) is 5.69 Å². The van der Waals surface area contributed by atoms with Crippen molar-refractivity contribution in [3.63, 3.8) is 0 Å². The fourth-order valence-electron chi connectivity index (χ4n) is 3.43. The molecule has 0 atom stereocenters. The second kappa shape index (κ2) is 11.0. The van der Waals surface area contributed by atoms with Gasteiger partial charge in [-0.25, -0.2) is 0 Å². The zero-order valence-corrected chi connectivity index (χ0v) is 19.9. The minimum Gasteiger partial charge on any atom is -0.491 e. The maximum absolute atomic E-state index is 6.23. The third kappa shape index (κ3) is 6.76. The molecule has 0 bridgehead atoms. The van der Waals surface area contributed by atoms with Gasteiger partial charge in [0.05, 0.1) is 12.6 Å². The van der Waals surface area contributed by atoms with E-state index in [1.807, 2.05) is 56.3 Å². The number of nitrogens with one attached hydrogen (secondary N) is 1. The second-order valence-electron chi connectivity index (χ2n) is 7.42. The zero-order chi connectivity index (χ0) is 20.0. The summed E-state index contributed by atoms with van der Waals surface area (Å²) in [7, 11) is 0. The SMILES string of the molecule is CC(C)Oc1ccc(NC(N)=NCC2(c3cccc(Cl)c3)CCOCC2)cc1.I. The van der Waals surface area contributed by atoms with Crippen LogP contribution in [0.5, 0.6) is 5.75 Å². The van der Waals surface area contributed by atoms with Gasteiger partial charge in [0.2, 0.25) is 0 Å². The van der Waals surface area contributed by atoms with Crippen molar-refractivity contribution < 1.29 is 9.47 Å². The number of anilines is 1. The lowest BCUT2D eigenvalue weighted by Crippen LogP contribution is -2.38. The molecule has 3 rings (SSSR count). The van der Waals surface area contributed by atoms with Crippen molar-refractivity contribution in [1.82, 2.24) is 0 Å². The Morgan fingerprint density at radius 2 is 1.90 bits per heavy atom. The molecule has 2 aromatic rings. The normalized spacial score (nSPS) is 16.2. The first-order valence-electron chi connectivity index (χ1n) is 9.64. The van der Waals surface area contributed by atoms with Crippen molar-refractivity contribution >= 4 is 47.2 Å². The number of rotatable bonds is 6. The van der Waals surface area contributed by atoms with Crippen molar-refractivity contribution in [2.45, 2.75) is 38.2 Å². The number of ether oxygens (including phenoxy) is 2. The number of hydrogen-bond donors (Lipinski definition) is 2. The van der Waals surface area contributed by atoms with Crippen molar-refractivity contribution in [2.24, 2.45) is 10.7 Å². The molecular weight excluding hydrogens is 501 g/mol. The van der Waals surface area contributed by atoms with E-state index >= 15 is 0 Å². The van der Waals surface area contributed by atoms with Gasteiger partial charge in [0.25, 0.3) is 0 Å². The van der Waals surface area contributed by atoms with Crippen LogP contribution in [0.2, 0.25) is 5.02 Å². The number of benzene rings is 2. The first kappa shape index (κ1) is 23.8. The van der Waals surface area contributed by atoms with E-state index in [1.54, 1.807) is 0 Å². The summed E-state index contributed by atoms with van der Waals surface area (Å²) in [6, 6.07) is 15.7. The average molecular weight is 530 g/mol. The molecule has 29 heavy (non-hydrogen) atoms. The van der Waals surface area contributed by atoms with Crippen molar-refractivity contribution in [2.75, 3.05) is 25.1 Å². The Morgan fingerprint density at radius 3 is 2.52 bits per heavy atom. The molecular formula is C22H29ClIN3O2. The lowest BCUT2D eigenvalue weighted by Gasteiger charge is -2.36. The van der Waals surface area contributed by atoms with Gasteiger partial charge >= 0.3 is 0 Å². The van der Waals surface area contributed by atoms with E-state index in [9.17, 15) is 0 Å². The molecule has 0 aliphatic carbocycles. The predicted octanol–water partition coefficient (Wildman–Crippen LogP) is 5.22. The molecule has 7 heteroatoms. The van der Waals surface area contributed by atoms with Gasteiger partial charge in [-0.2, -0.15) is 0 Å². The fraction of sp³-hybridized carbons (Fsp3) is 0.409. The lowest BCUT2D eigenvalue weighted by molar-refractivity contribution is 0.0531. The molecule has 0 aromatic heterocycles. The molecule has 1 aliphatic rings. The molecule has 2 aromatic carbocycles. The highest BCUT2D eigenvalue weighted by atomic mass is 127. The number of halogens is 2. The highest BCUT2D eigenvalue weighted by Crippen LogP contribution is 2.36. The summed E-state index contributed by atoms with van der Waals surface area (Å²) in [5, 5.41) is 3.90. The van der Waals surface area contributed by atoms with Gasteiger partial charge in [-0.3, -0.25) is 4.99 Å². The molecule has 0 saturated carbocycles. The zero-order valence-electron chi connectivity index (χ0n) is 16.9. The summed E-state index contributed by atoms with van der Waals surface area (Å²) < 4.78 is 11.2. The Bertz CT molecular complexity index is 806. The summed E-state index contributed by atoms with van der Waals surface area (Å²) in [6.45, 7) is 6.02. The smallest absolute Gasteiger partial charge is 0.193 e. The van der Waals surface area contributed by atoms with E-state index in [0.717, 1.165) is 29.3 Å². The molecule has 158 valence electrons. The van der Waals surface area contributed by atoms with Crippen LogP contribution in [0.15, 0.2) is 53.5 Å². The third-order valence-corrected chi connectivity index (χ3v) is 5.17. The maximum Gasteiger partial charge on any atom is 0.193 e. The number of nitrogens with zero attached hydrogens (tertiary/aromatic N) is 1. The summed E-state index contributed by atoms with van der Waals surface area (Å²) >= 11 is 6.23. The number of nitrogens with two attached hydrogens (primary N) is 1. The highest BCUT2D eigenvalue weighted by molar-refractivity contribution is 14.0. The van der Waals surface area contributed by atoms with E-state index in [1.165, 1.54) is 5.56 Å². The fourth-order valence-corrected chi connectivity index (χ4v) is 3.62. The van der Waals surface area contributed by atoms with Crippen LogP contribution in [0.3, 0.4) is 0 Å². The van der Waals surface area contributed by atoms with Crippen LogP contribution in [0.1, 0.15) is 32.3 Å². The summed E-state index contributed by atoms with van der Waals surface area (Å²) in [4.78, 5) is 4.65. The number of hydrogen-bond acceptors (Lipinski definition) is 3. The van der Waals surface area contributed by atoms with Crippen LogP contribution >= 0.6 is 35.6 Å². The van der Waals surface area contributed by atoms with E-state index in [4.69, 9.17) is 26.8 Å². The Morgan fingerprint density at radius 1 is 1.21 bits per heavy atom. The van der Waals surface area contributed by atoms with Crippen molar-refractivity contribution in [3.8, 4) is 5.75 Å². The Balaban J connectivity index is 0.00000300. The summed E-state index contributed by atoms with van der Waals surface area (Å²) in [6.07, 6.45) is 1.93. The standard InChI is InChI=1S/C22H28ClN3O2.HI/c1-16(2)28-20-8-6-19(7-9-20)26-21(24)25-15-22(10-12-27-13-11-22)17-4-3-5-18(23)14-17;/h3-9,14,16H,10-13,15H2,1-2H3,(H3,24,25,26);1H. The molecule has 0 spiro atoms. The molecule has 1 heterocycles. The van der Waals surface area contributed by atoms with Gasteiger partial charge in [0.1, 0.15) is 5.75 Å². The summed E-state index contributed by atoms with van der Waals surface area (Å²) in [5.41, 5.74) is 8.12. The first-order chi connectivity index (χ1) is 13.5. The first-order valence-corrected chi connectivity index (χ1v) is 10.0. The van der Waals surface area contributed by atoms with E-state index in [0.29, 0.717) is 25.7 Å². The Kier molecular flexibility index (Phi) is 9.04. The largest absolute Gasteiger partial charge is 0.491 e. The van der Waals surface area contributed by atoms with Gasteiger partial charge in [0, 0.05) is 29.3 Å². The average Bonchev–Trinajstić information content (AvgIpc) is 2.68. The molecule has 0 radical (unpaired) electrons. The van der Waals surface area contributed by atoms with Crippen LogP contribution < -0.4 is 15.8 Å². The highest BCUT2D eigenvalue weighted by Gasteiger charge is 2.34. The monoisotopic (exact) mass is 529 g/mol. The van der Waals surface area contributed by atoms with Gasteiger partial charge in [-0.05, 0) is 68.7 Å². The van der Waals surface area contributed by atoms with Crippen molar-refractivity contribution in [1.29, 1.82) is 0 Å². The Labute approximate surface area is 195 Å². The summed E-state index contributed by atoms with van der Waals surface area (Å²) in [5.74, 6) is 1.23. The van der Waals surface area contributed by atoms with Crippen LogP contribution in [0, 0.1) is 0 Å². The maximum atomic E-state index is 6.23. The topological polar surface area (TPSA) is 68.9 Å². The minimum atomic E-state index is -0.107. The van der Waals surface area contributed by atoms with Gasteiger partial charge in [0.15, 0.2) is 5.96 Å². The molecule has 0 amide bonds. The molecule has 1 saturated heterocycles. The molecule has 1 aliphatic heterocycles. The van der Waals surface area contributed by atoms with Gasteiger partial charge in [-0.1, -0.05) is 23.7 Å². The lowest BCUT2D eigenvalue weighted by atomic mass is 9.74. The third-order valence-electron chi connectivity index (χ3n) is 4.94. The quantitative estimate of drug-likeness (QED) is 0.306. The van der Waals surface area contributed by atoms with Crippen molar-refractivity contribution in [3.05, 3.63) is 59.1 Å². The van der Waals surface area contributed by atoms with Crippen LogP contribution in [-0.2, 0) is 10.2 Å². The Hall–Kier alpha value is -1.51. The number of guanidine groups is 1. The van der Waals surface area contributed by atoms with E-state index < -0.39 is 0 Å². The predicted molar refractivity (Wildman–Crippen MR) is 131 cm³/mol. The molecule has 0 unspecified atom stereocenters. The molecule has 1 fully saturated rings. The molecule has 3 N–H and O–H groups in total. The van der Waals surface area contributed by atoms with E-state index in [-0.39, 0.29) is 35.5 Å².